The molecule has 8 heteroatoms. The second kappa shape index (κ2) is 6.13. The maximum atomic E-state index is 13.2. The molecule has 0 spiro atoms. The van der Waals surface area contributed by atoms with Crippen molar-refractivity contribution >= 4 is 16.9 Å². The Hall–Kier alpha value is -3.23. The highest BCUT2D eigenvalue weighted by Crippen LogP contribution is 2.41. The van der Waals surface area contributed by atoms with E-state index >= 15 is 0 Å². The monoisotopic (exact) mass is 408 g/mol. The fourth-order valence-corrected chi connectivity index (χ4v) is 4.58. The summed E-state index contributed by atoms with van der Waals surface area (Å²) in [6.45, 7) is 3.27. The second-order valence-electron chi connectivity index (χ2n) is 7.83. The van der Waals surface area contributed by atoms with Crippen molar-refractivity contribution in [3.05, 3.63) is 56.9 Å². The van der Waals surface area contributed by atoms with E-state index in [0.29, 0.717) is 33.4 Å². The zero-order chi connectivity index (χ0) is 21.4. The van der Waals surface area contributed by atoms with E-state index in [0.717, 1.165) is 0 Å². The SMILES string of the molecule is CC[C@@]1(O)C(=O)OCc2c1cc1n(c2=O)Cc2c-1nc1ccc(O)cc1c2[C@@H](C)O. The first-order valence-electron chi connectivity index (χ1n) is 9.77. The van der Waals surface area contributed by atoms with Crippen LogP contribution in [-0.4, -0.2) is 30.8 Å². The largest absolute Gasteiger partial charge is 0.508 e. The molecule has 5 rings (SSSR count). The molecule has 0 fully saturated rings. The molecule has 2 atom stereocenters. The maximum Gasteiger partial charge on any atom is 0.343 e. The van der Waals surface area contributed by atoms with Gasteiger partial charge in [-0.1, -0.05) is 6.92 Å². The average Bonchev–Trinajstić information content (AvgIpc) is 3.07. The van der Waals surface area contributed by atoms with Gasteiger partial charge in [0, 0.05) is 16.5 Å². The summed E-state index contributed by atoms with van der Waals surface area (Å²) < 4.78 is 6.61. The number of carbonyl (C=O) groups excluding carboxylic acids is 1. The minimum Gasteiger partial charge on any atom is -0.508 e. The van der Waals surface area contributed by atoms with E-state index in [-0.39, 0.29) is 42.0 Å². The van der Waals surface area contributed by atoms with Gasteiger partial charge in [-0.25, -0.2) is 9.78 Å². The number of aliphatic hydroxyl groups excluding tert-OH is 1. The van der Waals surface area contributed by atoms with Crippen LogP contribution in [-0.2, 0) is 28.3 Å². The van der Waals surface area contributed by atoms with Gasteiger partial charge in [-0.2, -0.15) is 0 Å². The first-order valence-corrected chi connectivity index (χ1v) is 9.77. The predicted molar refractivity (Wildman–Crippen MR) is 107 cm³/mol. The Bertz CT molecular complexity index is 1310. The number of fused-ring (bicyclic) bond motifs is 5. The lowest BCUT2D eigenvalue weighted by atomic mass is 9.86. The topological polar surface area (TPSA) is 122 Å². The molecule has 3 N–H and O–H groups in total. The number of nitrogens with zero attached hydrogens (tertiary/aromatic N) is 2. The quantitative estimate of drug-likeness (QED) is 0.433. The summed E-state index contributed by atoms with van der Waals surface area (Å²) in [6.07, 6.45) is -0.791. The average molecular weight is 408 g/mol. The summed E-state index contributed by atoms with van der Waals surface area (Å²) in [5.74, 6) is -0.718. The van der Waals surface area contributed by atoms with Crippen LogP contribution in [0.2, 0.25) is 0 Å². The third kappa shape index (κ3) is 2.31. The van der Waals surface area contributed by atoms with Gasteiger partial charge in [-0.3, -0.25) is 4.79 Å². The minimum absolute atomic E-state index is 0.0537. The molecular formula is C22H20N2O6. The van der Waals surface area contributed by atoms with Crippen molar-refractivity contribution in [3.8, 4) is 17.1 Å². The number of rotatable bonds is 2. The summed E-state index contributed by atoms with van der Waals surface area (Å²) in [7, 11) is 0. The molecule has 3 aromatic rings. The molecule has 1 aromatic carbocycles. The first kappa shape index (κ1) is 18.8. The lowest BCUT2D eigenvalue weighted by Crippen LogP contribution is -2.44. The number of carbonyl (C=O) groups is 1. The Kier molecular flexibility index (Phi) is 3.84. The van der Waals surface area contributed by atoms with E-state index in [4.69, 9.17) is 4.74 Å². The van der Waals surface area contributed by atoms with Crippen molar-refractivity contribution in [3.63, 3.8) is 0 Å². The van der Waals surface area contributed by atoms with Crippen molar-refractivity contribution in [2.24, 2.45) is 0 Å². The maximum absolute atomic E-state index is 13.2. The van der Waals surface area contributed by atoms with Crippen LogP contribution in [0.15, 0.2) is 29.1 Å². The Balaban J connectivity index is 1.85. The number of ether oxygens (including phenoxy) is 1. The van der Waals surface area contributed by atoms with E-state index in [2.05, 4.69) is 4.98 Å². The van der Waals surface area contributed by atoms with Gasteiger partial charge in [-0.15, -0.1) is 0 Å². The van der Waals surface area contributed by atoms with E-state index in [9.17, 15) is 24.9 Å². The number of aromatic hydroxyl groups is 1. The van der Waals surface area contributed by atoms with Gasteiger partial charge in [0.05, 0.1) is 35.1 Å². The molecule has 2 aliphatic rings. The van der Waals surface area contributed by atoms with Gasteiger partial charge in [0.1, 0.15) is 12.4 Å². The van der Waals surface area contributed by atoms with Crippen LogP contribution in [0.4, 0.5) is 0 Å². The summed E-state index contributed by atoms with van der Waals surface area (Å²) >= 11 is 0. The van der Waals surface area contributed by atoms with Crippen molar-refractivity contribution in [1.82, 2.24) is 9.55 Å². The number of esters is 1. The number of phenols is 1. The summed E-state index contributed by atoms with van der Waals surface area (Å²) in [4.78, 5) is 30.2. The minimum atomic E-state index is -1.89. The van der Waals surface area contributed by atoms with Crippen molar-refractivity contribution < 1.29 is 24.9 Å². The smallest absolute Gasteiger partial charge is 0.343 e. The van der Waals surface area contributed by atoms with Gasteiger partial charge < -0.3 is 24.6 Å². The Morgan fingerprint density at radius 2 is 2.03 bits per heavy atom. The van der Waals surface area contributed by atoms with Crippen LogP contribution < -0.4 is 5.56 Å². The van der Waals surface area contributed by atoms with Crippen molar-refractivity contribution in [2.75, 3.05) is 0 Å². The number of aliphatic hydroxyl groups is 2. The molecule has 0 aliphatic carbocycles. The predicted octanol–water partition coefficient (Wildman–Crippen LogP) is 1.84. The number of pyridine rings is 2. The summed E-state index contributed by atoms with van der Waals surface area (Å²) in [6, 6.07) is 6.34. The molecule has 0 saturated heterocycles. The van der Waals surface area contributed by atoms with Crippen LogP contribution >= 0.6 is 0 Å². The Labute approximate surface area is 171 Å². The standard InChI is InChI=1S/C22H20N2O6/c1-3-22(29)15-7-17-19-13(8-24(17)20(27)14(15)9-30-21(22)28)18(10(2)25)12-6-11(26)4-5-16(12)23-19/h4-7,10,25-26,29H,3,8-9H2,1-2H3/t10-,22+/m1/s1. The number of hydrogen-bond donors (Lipinski definition) is 3. The lowest BCUT2D eigenvalue weighted by Gasteiger charge is -2.31. The Morgan fingerprint density at radius 3 is 2.73 bits per heavy atom. The lowest BCUT2D eigenvalue weighted by molar-refractivity contribution is -0.172. The summed E-state index contributed by atoms with van der Waals surface area (Å²) in [5, 5.41) is 32.0. The highest BCUT2D eigenvalue weighted by Gasteiger charge is 2.45. The highest BCUT2D eigenvalue weighted by molar-refractivity contribution is 5.90. The Morgan fingerprint density at radius 1 is 1.27 bits per heavy atom. The molecule has 4 heterocycles. The second-order valence-corrected chi connectivity index (χ2v) is 7.83. The van der Waals surface area contributed by atoms with E-state index in [1.165, 1.54) is 10.6 Å². The van der Waals surface area contributed by atoms with Crippen LogP contribution in [0.3, 0.4) is 0 Å². The molecule has 0 bridgehead atoms. The van der Waals surface area contributed by atoms with Crippen LogP contribution in [0.25, 0.3) is 22.3 Å². The normalized spacial score (nSPS) is 20.5. The molecule has 0 amide bonds. The molecule has 0 saturated carbocycles. The highest BCUT2D eigenvalue weighted by atomic mass is 16.6. The van der Waals surface area contributed by atoms with Crippen molar-refractivity contribution in [2.45, 2.75) is 45.1 Å². The van der Waals surface area contributed by atoms with Crippen LogP contribution in [0, 0.1) is 0 Å². The zero-order valence-corrected chi connectivity index (χ0v) is 16.5. The fourth-order valence-electron chi connectivity index (χ4n) is 4.58. The van der Waals surface area contributed by atoms with Gasteiger partial charge in [-0.05, 0) is 43.2 Å². The molecule has 2 aromatic heterocycles. The van der Waals surface area contributed by atoms with E-state index in [1.807, 2.05) is 0 Å². The molecular weight excluding hydrogens is 388 g/mol. The number of hydrogen-bond acceptors (Lipinski definition) is 7. The molecule has 8 nitrogen and oxygen atoms in total. The molecule has 2 aliphatic heterocycles. The molecule has 30 heavy (non-hydrogen) atoms. The van der Waals surface area contributed by atoms with E-state index < -0.39 is 17.7 Å². The van der Waals surface area contributed by atoms with E-state index in [1.54, 1.807) is 32.0 Å². The first-order chi connectivity index (χ1) is 14.3. The fraction of sp³-hybridized carbons (Fsp3) is 0.318. The van der Waals surface area contributed by atoms with Crippen LogP contribution in [0.1, 0.15) is 48.6 Å². The van der Waals surface area contributed by atoms with Gasteiger partial charge in [0.15, 0.2) is 5.60 Å². The van der Waals surface area contributed by atoms with Gasteiger partial charge in [0.25, 0.3) is 5.56 Å². The van der Waals surface area contributed by atoms with Gasteiger partial charge in [0.2, 0.25) is 0 Å². The molecule has 0 unspecified atom stereocenters. The number of aromatic nitrogens is 2. The summed E-state index contributed by atoms with van der Waals surface area (Å²) in [5.41, 5.74) is 1.07. The van der Waals surface area contributed by atoms with Crippen molar-refractivity contribution in [1.29, 1.82) is 0 Å². The molecule has 154 valence electrons. The third-order valence-electron chi connectivity index (χ3n) is 6.13. The van der Waals surface area contributed by atoms with Crippen LogP contribution in [0.5, 0.6) is 5.75 Å². The third-order valence-corrected chi connectivity index (χ3v) is 6.13. The molecule has 0 radical (unpaired) electrons. The number of cyclic esters (lactones) is 1. The number of benzene rings is 1. The zero-order valence-electron chi connectivity index (χ0n) is 16.5. The van der Waals surface area contributed by atoms with Gasteiger partial charge >= 0.3 is 5.97 Å². The number of phenolic OH excluding ortho intramolecular Hbond substituents is 1.